The molecule has 0 bridgehead atoms. The lowest BCUT2D eigenvalue weighted by Gasteiger charge is -2.22. The molecule has 0 spiro atoms. The molecule has 1 aromatic carbocycles. The van der Waals surface area contributed by atoms with Crippen molar-refractivity contribution >= 4 is 22.7 Å². The van der Waals surface area contributed by atoms with E-state index in [1.807, 2.05) is 6.92 Å². The van der Waals surface area contributed by atoms with E-state index in [1.165, 1.54) is 21.0 Å². The maximum Gasteiger partial charge on any atom is 0.160 e. The van der Waals surface area contributed by atoms with Crippen LogP contribution in [0.4, 0.5) is 5.69 Å². The van der Waals surface area contributed by atoms with Gasteiger partial charge in [-0.2, -0.15) is 0 Å². The summed E-state index contributed by atoms with van der Waals surface area (Å²) in [5.74, 6) is 2.51. The molecule has 6 nitrogen and oxygen atoms in total. The fraction of sp³-hybridized carbons (Fsp3) is 0.435. The normalized spacial score (nSPS) is 16.6. The molecule has 30 heavy (non-hydrogen) atoms. The molecule has 1 N–H and O–H groups in total. The summed E-state index contributed by atoms with van der Waals surface area (Å²) in [6.07, 6.45) is 2.29. The summed E-state index contributed by atoms with van der Waals surface area (Å²) >= 11 is 1.80. The zero-order valence-electron chi connectivity index (χ0n) is 17.7. The summed E-state index contributed by atoms with van der Waals surface area (Å²) in [6, 6.07) is 8.70. The third-order valence-corrected chi connectivity index (χ3v) is 7.36. The van der Waals surface area contributed by atoms with E-state index in [2.05, 4.69) is 58.2 Å². The molecule has 2 aliphatic rings. The SMILES string of the molecule is Cc1sc2c(c1C)C(c1ccc(NCC3CCOCC3)cc1)=NCc1nnc(C)n1-2. The minimum atomic E-state index is 0.541. The van der Waals surface area contributed by atoms with Crippen LogP contribution in [0.1, 0.15) is 46.1 Å². The average Bonchev–Trinajstić information content (AvgIpc) is 3.21. The Morgan fingerprint density at radius 2 is 1.87 bits per heavy atom. The van der Waals surface area contributed by atoms with Crippen molar-refractivity contribution in [3.05, 3.63) is 57.5 Å². The number of nitrogens with one attached hydrogen (secondary N) is 1. The Kier molecular flexibility index (Phi) is 5.16. The van der Waals surface area contributed by atoms with Gasteiger partial charge in [0.2, 0.25) is 0 Å². The van der Waals surface area contributed by atoms with Crippen molar-refractivity contribution in [1.29, 1.82) is 0 Å². The Balaban J connectivity index is 1.43. The average molecular weight is 422 g/mol. The lowest BCUT2D eigenvalue weighted by Crippen LogP contribution is -2.22. The minimum absolute atomic E-state index is 0.541. The van der Waals surface area contributed by atoms with Crippen LogP contribution in [0.3, 0.4) is 0 Å². The van der Waals surface area contributed by atoms with Crippen molar-refractivity contribution < 1.29 is 4.74 Å². The predicted octanol–water partition coefficient (Wildman–Crippen LogP) is 4.44. The van der Waals surface area contributed by atoms with Gasteiger partial charge >= 0.3 is 0 Å². The lowest BCUT2D eigenvalue weighted by molar-refractivity contribution is 0.0699. The van der Waals surface area contributed by atoms with Crippen LogP contribution in [0.5, 0.6) is 0 Å². The summed E-state index contributed by atoms with van der Waals surface area (Å²) in [4.78, 5) is 6.29. The number of nitrogens with zero attached hydrogens (tertiary/aromatic N) is 4. The van der Waals surface area contributed by atoms with Crippen LogP contribution in [-0.4, -0.2) is 40.2 Å². The van der Waals surface area contributed by atoms with Gasteiger partial charge in [-0.05, 0) is 57.2 Å². The Morgan fingerprint density at radius 3 is 2.63 bits per heavy atom. The van der Waals surface area contributed by atoms with Crippen LogP contribution in [0.2, 0.25) is 0 Å². The minimum Gasteiger partial charge on any atom is -0.385 e. The highest BCUT2D eigenvalue weighted by Crippen LogP contribution is 2.36. The van der Waals surface area contributed by atoms with Gasteiger partial charge in [-0.25, -0.2) is 0 Å². The molecule has 0 saturated carbocycles. The third kappa shape index (κ3) is 3.46. The van der Waals surface area contributed by atoms with Gasteiger partial charge in [0, 0.05) is 41.4 Å². The molecule has 5 rings (SSSR count). The molecule has 2 aliphatic heterocycles. The van der Waals surface area contributed by atoms with Crippen molar-refractivity contribution in [3.8, 4) is 5.00 Å². The Morgan fingerprint density at radius 1 is 1.10 bits per heavy atom. The molecule has 7 heteroatoms. The second-order valence-corrected chi connectivity index (χ2v) is 9.34. The number of rotatable bonds is 4. The number of aryl methyl sites for hydroxylation is 2. The number of thiophene rings is 1. The molecule has 2 aromatic heterocycles. The summed E-state index contributed by atoms with van der Waals surface area (Å²) in [5.41, 5.74) is 5.85. The van der Waals surface area contributed by atoms with Crippen LogP contribution in [0.25, 0.3) is 5.00 Å². The molecule has 0 atom stereocenters. The fourth-order valence-corrected chi connectivity index (χ4v) is 5.47. The molecule has 3 aromatic rings. The van der Waals surface area contributed by atoms with Gasteiger partial charge in [-0.1, -0.05) is 12.1 Å². The lowest BCUT2D eigenvalue weighted by atomic mass is 9.99. The van der Waals surface area contributed by atoms with Gasteiger partial charge in [0.1, 0.15) is 17.4 Å². The number of ether oxygens (including phenoxy) is 1. The van der Waals surface area contributed by atoms with Crippen LogP contribution < -0.4 is 5.32 Å². The van der Waals surface area contributed by atoms with E-state index in [4.69, 9.17) is 9.73 Å². The summed E-state index contributed by atoms with van der Waals surface area (Å²) < 4.78 is 7.63. The molecule has 156 valence electrons. The molecule has 0 unspecified atom stereocenters. The number of hydrogen-bond acceptors (Lipinski definition) is 6. The maximum absolute atomic E-state index is 5.46. The standard InChI is InChI=1S/C23H27N5OS/c1-14-15(2)30-23-21(14)22(25-13-20-27-26-16(3)28(20)23)18-4-6-19(7-5-18)24-12-17-8-10-29-11-9-17/h4-7,17,24H,8-13H2,1-3H3. The Hall–Kier alpha value is -2.51. The van der Waals surface area contributed by atoms with Gasteiger partial charge in [-0.3, -0.25) is 9.56 Å². The number of aromatic nitrogens is 3. The quantitative estimate of drug-likeness (QED) is 0.676. The van der Waals surface area contributed by atoms with E-state index in [-0.39, 0.29) is 0 Å². The van der Waals surface area contributed by atoms with Crippen LogP contribution >= 0.6 is 11.3 Å². The number of aliphatic imine (C=N–C) groups is 1. The van der Waals surface area contributed by atoms with E-state index in [1.54, 1.807) is 11.3 Å². The first-order chi connectivity index (χ1) is 14.6. The first-order valence-corrected chi connectivity index (χ1v) is 11.4. The van der Waals surface area contributed by atoms with Gasteiger partial charge < -0.3 is 10.1 Å². The smallest absolute Gasteiger partial charge is 0.160 e. The molecular weight excluding hydrogens is 394 g/mol. The van der Waals surface area contributed by atoms with E-state index in [0.717, 1.165) is 61.2 Å². The van der Waals surface area contributed by atoms with Gasteiger partial charge in [-0.15, -0.1) is 21.5 Å². The van der Waals surface area contributed by atoms with Crippen molar-refractivity contribution in [3.63, 3.8) is 0 Å². The summed E-state index contributed by atoms with van der Waals surface area (Å²) in [7, 11) is 0. The van der Waals surface area contributed by atoms with Gasteiger partial charge in [0.05, 0.1) is 5.71 Å². The van der Waals surface area contributed by atoms with Crippen LogP contribution in [-0.2, 0) is 11.3 Å². The van der Waals surface area contributed by atoms with Crippen molar-refractivity contribution in [1.82, 2.24) is 14.8 Å². The second kappa shape index (κ2) is 7.96. The topological polar surface area (TPSA) is 64.3 Å². The number of hydrogen-bond donors (Lipinski definition) is 1. The van der Waals surface area contributed by atoms with Crippen LogP contribution in [0.15, 0.2) is 29.3 Å². The highest BCUT2D eigenvalue weighted by Gasteiger charge is 2.26. The number of benzene rings is 1. The third-order valence-electron chi connectivity index (χ3n) is 6.17. The summed E-state index contributed by atoms with van der Waals surface area (Å²) in [5, 5.41) is 13.4. The molecule has 1 saturated heterocycles. The largest absolute Gasteiger partial charge is 0.385 e. The number of anilines is 1. The second-order valence-electron chi connectivity index (χ2n) is 8.14. The first kappa shape index (κ1) is 19.5. The van der Waals surface area contributed by atoms with Gasteiger partial charge in [0.15, 0.2) is 5.82 Å². The summed E-state index contributed by atoms with van der Waals surface area (Å²) in [6.45, 7) is 9.70. The highest BCUT2D eigenvalue weighted by atomic mass is 32.1. The highest BCUT2D eigenvalue weighted by molar-refractivity contribution is 7.15. The first-order valence-electron chi connectivity index (χ1n) is 10.6. The molecule has 4 heterocycles. The van der Waals surface area contributed by atoms with E-state index in [0.29, 0.717) is 12.5 Å². The van der Waals surface area contributed by atoms with Crippen LogP contribution in [0, 0.1) is 26.7 Å². The monoisotopic (exact) mass is 421 g/mol. The fourth-order valence-electron chi connectivity index (χ4n) is 4.24. The molecular formula is C23H27N5OS. The van der Waals surface area contributed by atoms with E-state index < -0.39 is 0 Å². The maximum atomic E-state index is 5.46. The zero-order chi connectivity index (χ0) is 20.7. The van der Waals surface area contributed by atoms with Crippen molar-refractivity contribution in [2.75, 3.05) is 25.1 Å². The predicted molar refractivity (Wildman–Crippen MR) is 121 cm³/mol. The molecule has 0 amide bonds. The van der Waals surface area contributed by atoms with E-state index >= 15 is 0 Å². The molecule has 1 fully saturated rings. The van der Waals surface area contributed by atoms with Crippen molar-refractivity contribution in [2.45, 2.75) is 40.2 Å². The van der Waals surface area contributed by atoms with Crippen molar-refractivity contribution in [2.24, 2.45) is 10.9 Å². The van der Waals surface area contributed by atoms with Gasteiger partial charge in [0.25, 0.3) is 0 Å². The van der Waals surface area contributed by atoms with E-state index in [9.17, 15) is 0 Å². The zero-order valence-corrected chi connectivity index (χ0v) is 18.6. The number of fused-ring (bicyclic) bond motifs is 3. The Labute approximate surface area is 181 Å². The molecule has 0 radical (unpaired) electrons. The Bertz CT molecular complexity index is 1090. The molecule has 0 aliphatic carbocycles.